The first kappa shape index (κ1) is 25.9. The molecule has 0 unspecified atom stereocenters. The molecule has 3 atom stereocenters. The summed E-state index contributed by atoms with van der Waals surface area (Å²) < 4.78 is 47.5. The molecule has 0 aromatic heterocycles. The number of halogens is 1. The third-order valence-corrected chi connectivity index (χ3v) is 7.23. The average Bonchev–Trinajstić information content (AvgIpc) is 2.81. The number of aliphatic hydroxyl groups is 1. The SMILES string of the molecule is C[C@H](CO)N1C[C@H](C)[C@@H](CN(C)C)Oc2ccc(NS(=O)(=O)c3ccc(F)cc3)cc2CC1=O. The van der Waals surface area contributed by atoms with Crippen LogP contribution in [-0.2, 0) is 21.2 Å². The summed E-state index contributed by atoms with van der Waals surface area (Å²) in [5.74, 6) is -0.213. The van der Waals surface area contributed by atoms with Crippen LogP contribution >= 0.6 is 0 Å². The molecular formula is C24H32FN3O5S. The van der Waals surface area contributed by atoms with E-state index in [1.807, 2.05) is 25.9 Å². The van der Waals surface area contributed by atoms with Gasteiger partial charge in [-0.1, -0.05) is 6.92 Å². The van der Waals surface area contributed by atoms with Gasteiger partial charge in [0.15, 0.2) is 0 Å². The van der Waals surface area contributed by atoms with E-state index in [2.05, 4.69) is 4.72 Å². The number of amides is 1. The Morgan fingerprint density at radius 1 is 1.24 bits per heavy atom. The first-order chi connectivity index (χ1) is 16.0. The van der Waals surface area contributed by atoms with Gasteiger partial charge in [-0.05, 0) is 63.5 Å². The van der Waals surface area contributed by atoms with E-state index < -0.39 is 15.8 Å². The number of carbonyl (C=O) groups is 1. The highest BCUT2D eigenvalue weighted by atomic mass is 32.2. The Labute approximate surface area is 200 Å². The number of sulfonamides is 1. The number of anilines is 1. The molecule has 1 aliphatic rings. The Bertz CT molecular complexity index is 1110. The van der Waals surface area contributed by atoms with Gasteiger partial charge in [-0.15, -0.1) is 0 Å². The van der Waals surface area contributed by atoms with Gasteiger partial charge in [-0.3, -0.25) is 9.52 Å². The summed E-state index contributed by atoms with van der Waals surface area (Å²) in [4.78, 5) is 16.8. The third-order valence-electron chi connectivity index (χ3n) is 5.84. The molecule has 34 heavy (non-hydrogen) atoms. The summed E-state index contributed by atoms with van der Waals surface area (Å²) in [6.07, 6.45) is -0.234. The van der Waals surface area contributed by atoms with Crippen LogP contribution in [0.15, 0.2) is 47.4 Å². The minimum atomic E-state index is -3.95. The molecule has 186 valence electrons. The van der Waals surface area contributed by atoms with Crippen LogP contribution in [0.2, 0.25) is 0 Å². The molecule has 2 N–H and O–H groups in total. The fourth-order valence-electron chi connectivity index (χ4n) is 3.90. The van der Waals surface area contributed by atoms with Crippen LogP contribution in [0.4, 0.5) is 10.1 Å². The summed E-state index contributed by atoms with van der Waals surface area (Å²) in [5, 5.41) is 9.69. The number of benzene rings is 2. The molecule has 1 heterocycles. The Morgan fingerprint density at radius 2 is 1.91 bits per heavy atom. The van der Waals surface area contributed by atoms with E-state index in [0.29, 0.717) is 24.4 Å². The molecule has 0 fully saturated rings. The Kier molecular flexibility index (Phi) is 8.17. The van der Waals surface area contributed by atoms with Gasteiger partial charge >= 0.3 is 0 Å². The van der Waals surface area contributed by atoms with Crippen molar-refractivity contribution in [2.45, 2.75) is 37.3 Å². The normalized spacial score (nSPS) is 20.1. The maximum Gasteiger partial charge on any atom is 0.261 e. The van der Waals surface area contributed by atoms with Crippen LogP contribution in [0.3, 0.4) is 0 Å². The molecule has 0 radical (unpaired) electrons. The van der Waals surface area contributed by atoms with Gasteiger partial charge in [-0.2, -0.15) is 0 Å². The average molecular weight is 494 g/mol. The van der Waals surface area contributed by atoms with E-state index in [1.165, 1.54) is 12.1 Å². The molecule has 0 saturated carbocycles. The van der Waals surface area contributed by atoms with Gasteiger partial charge in [0.05, 0.1) is 24.0 Å². The molecule has 0 spiro atoms. The molecule has 0 bridgehead atoms. The molecule has 1 amide bonds. The van der Waals surface area contributed by atoms with Crippen LogP contribution in [0.5, 0.6) is 5.75 Å². The van der Waals surface area contributed by atoms with Gasteiger partial charge in [0.25, 0.3) is 10.0 Å². The van der Waals surface area contributed by atoms with Crippen molar-refractivity contribution in [2.75, 3.05) is 38.5 Å². The number of aliphatic hydroxyl groups excluding tert-OH is 1. The lowest BCUT2D eigenvalue weighted by Crippen LogP contribution is -2.47. The second kappa shape index (κ2) is 10.7. The predicted molar refractivity (Wildman–Crippen MR) is 128 cm³/mol. The van der Waals surface area contributed by atoms with E-state index in [1.54, 1.807) is 30.0 Å². The van der Waals surface area contributed by atoms with Gasteiger partial charge in [0, 0.05) is 30.3 Å². The van der Waals surface area contributed by atoms with Gasteiger partial charge in [0.2, 0.25) is 5.91 Å². The number of likely N-dealkylation sites (N-methyl/N-ethyl adjacent to an activating group) is 1. The lowest BCUT2D eigenvalue weighted by Gasteiger charge is -2.33. The molecular weight excluding hydrogens is 461 g/mol. The van der Waals surface area contributed by atoms with E-state index in [-0.39, 0.29) is 47.6 Å². The van der Waals surface area contributed by atoms with Crippen molar-refractivity contribution in [1.29, 1.82) is 0 Å². The van der Waals surface area contributed by atoms with Gasteiger partial charge < -0.3 is 19.6 Å². The number of nitrogens with zero attached hydrogens (tertiary/aromatic N) is 2. The van der Waals surface area contributed by atoms with Crippen molar-refractivity contribution in [1.82, 2.24) is 9.80 Å². The van der Waals surface area contributed by atoms with E-state index >= 15 is 0 Å². The zero-order valence-corrected chi connectivity index (χ0v) is 20.7. The molecule has 10 heteroatoms. The highest BCUT2D eigenvalue weighted by Crippen LogP contribution is 2.30. The van der Waals surface area contributed by atoms with E-state index in [0.717, 1.165) is 12.1 Å². The molecule has 0 aliphatic carbocycles. The topological polar surface area (TPSA) is 99.2 Å². The summed E-state index contributed by atoms with van der Waals surface area (Å²) in [5.41, 5.74) is 0.801. The third kappa shape index (κ3) is 6.25. The van der Waals surface area contributed by atoms with Crippen LogP contribution in [0.1, 0.15) is 19.4 Å². The van der Waals surface area contributed by atoms with E-state index in [4.69, 9.17) is 4.74 Å². The number of carbonyl (C=O) groups excluding carboxylic acids is 1. The Morgan fingerprint density at radius 3 is 2.53 bits per heavy atom. The zero-order chi connectivity index (χ0) is 25.0. The lowest BCUT2D eigenvalue weighted by molar-refractivity contribution is -0.134. The number of ether oxygens (including phenoxy) is 1. The van der Waals surface area contributed by atoms with Crippen molar-refractivity contribution in [2.24, 2.45) is 5.92 Å². The smallest absolute Gasteiger partial charge is 0.261 e. The summed E-state index contributed by atoms with van der Waals surface area (Å²) in [7, 11) is -0.0684. The second-order valence-electron chi connectivity index (χ2n) is 9.03. The fraction of sp³-hybridized carbons (Fsp3) is 0.458. The monoisotopic (exact) mass is 493 g/mol. The van der Waals surface area contributed by atoms with Crippen LogP contribution in [0.25, 0.3) is 0 Å². The van der Waals surface area contributed by atoms with Crippen molar-refractivity contribution in [3.63, 3.8) is 0 Å². The van der Waals surface area contributed by atoms with Crippen LogP contribution in [0, 0.1) is 11.7 Å². The van der Waals surface area contributed by atoms with Crippen LogP contribution in [-0.4, -0.2) is 75.2 Å². The van der Waals surface area contributed by atoms with Crippen molar-refractivity contribution >= 4 is 21.6 Å². The van der Waals surface area contributed by atoms with E-state index in [9.17, 15) is 22.7 Å². The standard InChI is InChI=1S/C24H32FN3O5S/c1-16-13-28(17(2)15-29)24(30)12-18-11-20(7-10-22(18)33-23(16)14-27(3)4)26-34(31,32)21-8-5-19(25)6-9-21/h5-11,16-17,23,26,29H,12-15H2,1-4H3/t16-,17+,23+/m0/s1. The molecule has 1 aliphatic heterocycles. The minimum Gasteiger partial charge on any atom is -0.488 e. The number of hydrogen-bond donors (Lipinski definition) is 2. The van der Waals surface area contributed by atoms with Crippen molar-refractivity contribution < 1.29 is 27.4 Å². The first-order valence-electron chi connectivity index (χ1n) is 11.1. The summed E-state index contributed by atoms with van der Waals surface area (Å²) >= 11 is 0. The number of rotatable bonds is 7. The second-order valence-corrected chi connectivity index (χ2v) is 10.7. The highest BCUT2D eigenvalue weighted by molar-refractivity contribution is 7.92. The van der Waals surface area contributed by atoms with Gasteiger partial charge in [0.1, 0.15) is 17.7 Å². The molecule has 3 rings (SSSR count). The lowest BCUT2D eigenvalue weighted by atomic mass is 10.0. The number of fused-ring (bicyclic) bond motifs is 1. The molecule has 2 aromatic carbocycles. The first-order valence-corrected chi connectivity index (χ1v) is 12.6. The highest BCUT2D eigenvalue weighted by Gasteiger charge is 2.31. The zero-order valence-electron chi connectivity index (χ0n) is 19.9. The minimum absolute atomic E-state index is 0.00675. The Hall–Kier alpha value is -2.69. The fourth-order valence-corrected chi connectivity index (χ4v) is 4.95. The predicted octanol–water partition coefficient (Wildman–Crippen LogP) is 2.34. The van der Waals surface area contributed by atoms with Crippen LogP contribution < -0.4 is 9.46 Å². The molecule has 2 aromatic rings. The largest absolute Gasteiger partial charge is 0.488 e. The maximum atomic E-state index is 13.2. The maximum absolute atomic E-state index is 13.2. The number of hydrogen-bond acceptors (Lipinski definition) is 6. The van der Waals surface area contributed by atoms with Crippen molar-refractivity contribution in [3.05, 3.63) is 53.8 Å². The Balaban J connectivity index is 1.97. The number of nitrogens with one attached hydrogen (secondary N) is 1. The molecule has 0 saturated heterocycles. The molecule has 8 nitrogen and oxygen atoms in total. The summed E-state index contributed by atoms with van der Waals surface area (Å²) in [6, 6.07) is 8.98. The van der Waals surface area contributed by atoms with Crippen molar-refractivity contribution in [3.8, 4) is 5.75 Å². The quantitative estimate of drug-likeness (QED) is 0.614. The summed E-state index contributed by atoms with van der Waals surface area (Å²) in [6.45, 7) is 4.68. The van der Waals surface area contributed by atoms with Gasteiger partial charge in [-0.25, -0.2) is 12.8 Å².